The van der Waals surface area contributed by atoms with E-state index in [0.717, 1.165) is 32.2 Å². The van der Waals surface area contributed by atoms with Crippen LogP contribution in [0.3, 0.4) is 0 Å². The minimum absolute atomic E-state index is 0.0373. The van der Waals surface area contributed by atoms with E-state index in [9.17, 15) is 4.79 Å². The molecule has 0 radical (unpaired) electrons. The molecule has 0 saturated carbocycles. The SMILES string of the molecule is CC(C)Oc1ccccc1[C@H]1CC(=O)Nc2c1cnn2-c1nc2ccccc2s1. The number of hydrogen-bond acceptors (Lipinski definition) is 5. The lowest BCUT2D eigenvalue weighted by Crippen LogP contribution is -2.25. The predicted molar refractivity (Wildman–Crippen MR) is 114 cm³/mol. The first-order valence-corrected chi connectivity index (χ1v) is 10.4. The van der Waals surface area contributed by atoms with Crippen LogP contribution in [0.25, 0.3) is 15.3 Å². The van der Waals surface area contributed by atoms with E-state index >= 15 is 0 Å². The van der Waals surface area contributed by atoms with Crippen LogP contribution in [0.1, 0.15) is 37.3 Å². The highest BCUT2D eigenvalue weighted by Crippen LogP contribution is 2.42. The number of hydrogen-bond donors (Lipinski definition) is 1. The number of nitrogens with zero attached hydrogens (tertiary/aromatic N) is 3. The van der Waals surface area contributed by atoms with Gasteiger partial charge in [0.15, 0.2) is 0 Å². The van der Waals surface area contributed by atoms with E-state index in [2.05, 4.69) is 15.4 Å². The molecule has 0 unspecified atom stereocenters. The molecule has 7 heteroatoms. The molecule has 146 valence electrons. The molecule has 0 fully saturated rings. The van der Waals surface area contributed by atoms with Crippen LogP contribution in [0.4, 0.5) is 5.82 Å². The van der Waals surface area contributed by atoms with Crippen molar-refractivity contribution in [2.24, 2.45) is 0 Å². The number of para-hydroxylation sites is 2. The van der Waals surface area contributed by atoms with Gasteiger partial charge in [-0.2, -0.15) is 9.78 Å². The van der Waals surface area contributed by atoms with E-state index in [1.165, 1.54) is 0 Å². The average Bonchev–Trinajstić information content (AvgIpc) is 3.31. The first-order chi connectivity index (χ1) is 14.1. The predicted octanol–water partition coefficient (Wildman–Crippen LogP) is 4.74. The Morgan fingerprint density at radius 1 is 1.14 bits per heavy atom. The number of carbonyl (C=O) groups excluding carboxylic acids is 1. The van der Waals surface area contributed by atoms with E-state index in [4.69, 9.17) is 4.74 Å². The summed E-state index contributed by atoms with van der Waals surface area (Å²) in [7, 11) is 0. The van der Waals surface area contributed by atoms with Crippen LogP contribution in [0.5, 0.6) is 5.75 Å². The van der Waals surface area contributed by atoms with Gasteiger partial charge in [-0.25, -0.2) is 4.98 Å². The molecule has 1 aliphatic rings. The van der Waals surface area contributed by atoms with Crippen molar-refractivity contribution in [1.29, 1.82) is 0 Å². The smallest absolute Gasteiger partial charge is 0.226 e. The number of benzene rings is 2. The molecular formula is C22H20N4O2S. The Labute approximate surface area is 172 Å². The van der Waals surface area contributed by atoms with Crippen LogP contribution in [0.2, 0.25) is 0 Å². The molecule has 5 rings (SSSR count). The Morgan fingerprint density at radius 3 is 2.76 bits per heavy atom. The summed E-state index contributed by atoms with van der Waals surface area (Å²) in [5, 5.41) is 8.31. The first-order valence-electron chi connectivity index (χ1n) is 9.59. The van der Waals surface area contributed by atoms with Gasteiger partial charge in [-0.05, 0) is 32.0 Å². The lowest BCUT2D eigenvalue weighted by Gasteiger charge is -2.25. The lowest BCUT2D eigenvalue weighted by atomic mass is 9.87. The Hall–Kier alpha value is -3.19. The number of aromatic nitrogens is 3. The van der Waals surface area contributed by atoms with Crippen LogP contribution in [0, 0.1) is 0 Å². The fourth-order valence-electron chi connectivity index (χ4n) is 3.72. The van der Waals surface area contributed by atoms with Crippen LogP contribution in [0.15, 0.2) is 54.7 Å². The summed E-state index contributed by atoms with van der Waals surface area (Å²) in [4.78, 5) is 17.3. The fourth-order valence-corrected chi connectivity index (χ4v) is 4.65. The van der Waals surface area contributed by atoms with Gasteiger partial charge >= 0.3 is 0 Å². The third kappa shape index (κ3) is 3.17. The zero-order chi connectivity index (χ0) is 20.0. The molecule has 4 aromatic rings. The molecule has 1 atom stereocenters. The number of anilines is 1. The van der Waals surface area contributed by atoms with E-state index in [-0.39, 0.29) is 17.9 Å². The van der Waals surface area contributed by atoms with Crippen molar-refractivity contribution in [2.45, 2.75) is 32.3 Å². The highest BCUT2D eigenvalue weighted by molar-refractivity contribution is 7.20. The Bertz CT molecular complexity index is 1180. The summed E-state index contributed by atoms with van der Waals surface area (Å²) < 4.78 is 8.83. The minimum Gasteiger partial charge on any atom is -0.491 e. The number of amides is 1. The van der Waals surface area contributed by atoms with Gasteiger partial charge in [0.1, 0.15) is 11.6 Å². The zero-order valence-corrected chi connectivity index (χ0v) is 16.9. The van der Waals surface area contributed by atoms with Gasteiger partial charge in [-0.1, -0.05) is 41.7 Å². The van der Waals surface area contributed by atoms with Crippen molar-refractivity contribution in [2.75, 3.05) is 5.32 Å². The maximum Gasteiger partial charge on any atom is 0.226 e. The number of thiazole rings is 1. The second-order valence-electron chi connectivity index (χ2n) is 7.33. The van der Waals surface area contributed by atoms with Gasteiger partial charge in [0.25, 0.3) is 0 Å². The Morgan fingerprint density at radius 2 is 1.93 bits per heavy atom. The summed E-state index contributed by atoms with van der Waals surface area (Å²) in [6, 6.07) is 15.9. The maximum absolute atomic E-state index is 12.6. The molecular weight excluding hydrogens is 384 g/mol. The van der Waals surface area contributed by atoms with Crippen LogP contribution < -0.4 is 10.1 Å². The average molecular weight is 404 g/mol. The summed E-state index contributed by atoms with van der Waals surface area (Å²) in [5.74, 6) is 1.34. The van der Waals surface area contributed by atoms with Crippen molar-refractivity contribution in [3.8, 4) is 10.9 Å². The number of fused-ring (bicyclic) bond motifs is 2. The standard InChI is InChI=1S/C22H20N4O2S/c1-13(2)28-18-9-5-3-7-14(18)15-11-20(27)25-21-16(15)12-23-26(21)22-24-17-8-4-6-10-19(17)29-22/h3-10,12-13,15H,11H2,1-2H3,(H,25,27)/t15-/m1/s1. The molecule has 0 spiro atoms. The second-order valence-corrected chi connectivity index (χ2v) is 8.34. The molecule has 0 saturated heterocycles. The highest BCUT2D eigenvalue weighted by atomic mass is 32.1. The lowest BCUT2D eigenvalue weighted by molar-refractivity contribution is -0.116. The molecule has 2 aromatic carbocycles. The molecule has 6 nitrogen and oxygen atoms in total. The van der Waals surface area contributed by atoms with Gasteiger partial charge in [0, 0.05) is 23.5 Å². The van der Waals surface area contributed by atoms with Gasteiger partial charge in [0.2, 0.25) is 11.0 Å². The third-order valence-corrected chi connectivity index (χ3v) is 5.95. The fraction of sp³-hybridized carbons (Fsp3) is 0.227. The molecule has 1 N–H and O–H groups in total. The van der Waals surface area contributed by atoms with Gasteiger partial charge < -0.3 is 10.1 Å². The van der Waals surface area contributed by atoms with Gasteiger partial charge in [-0.3, -0.25) is 4.79 Å². The number of ether oxygens (including phenoxy) is 1. The second kappa shape index (κ2) is 7.00. The van der Waals surface area contributed by atoms with Crippen molar-refractivity contribution in [1.82, 2.24) is 14.8 Å². The van der Waals surface area contributed by atoms with Gasteiger partial charge in [-0.15, -0.1) is 0 Å². The van der Waals surface area contributed by atoms with E-state index < -0.39 is 0 Å². The molecule has 2 aromatic heterocycles. The van der Waals surface area contributed by atoms with Crippen LogP contribution >= 0.6 is 11.3 Å². The normalized spacial score (nSPS) is 16.1. The molecule has 0 bridgehead atoms. The van der Waals surface area contributed by atoms with Crippen molar-refractivity contribution >= 4 is 33.3 Å². The summed E-state index contributed by atoms with van der Waals surface area (Å²) in [5.41, 5.74) is 2.90. The largest absolute Gasteiger partial charge is 0.491 e. The number of nitrogens with one attached hydrogen (secondary N) is 1. The molecule has 3 heterocycles. The first kappa shape index (κ1) is 17.9. The highest BCUT2D eigenvalue weighted by Gasteiger charge is 2.32. The zero-order valence-electron chi connectivity index (χ0n) is 16.1. The van der Waals surface area contributed by atoms with Crippen molar-refractivity contribution in [3.63, 3.8) is 0 Å². The van der Waals surface area contributed by atoms with Gasteiger partial charge in [0.05, 0.1) is 22.5 Å². The quantitative estimate of drug-likeness (QED) is 0.533. The van der Waals surface area contributed by atoms with Crippen LogP contribution in [-0.2, 0) is 4.79 Å². The summed E-state index contributed by atoms with van der Waals surface area (Å²) >= 11 is 1.55. The number of rotatable bonds is 4. The number of carbonyl (C=O) groups is 1. The van der Waals surface area contributed by atoms with Crippen molar-refractivity contribution < 1.29 is 9.53 Å². The molecule has 0 aliphatic carbocycles. The van der Waals surface area contributed by atoms with Crippen molar-refractivity contribution in [3.05, 3.63) is 65.9 Å². The molecule has 1 amide bonds. The Balaban J connectivity index is 1.61. The Kier molecular flexibility index (Phi) is 4.32. The van der Waals surface area contributed by atoms with E-state index in [1.807, 2.05) is 68.6 Å². The summed E-state index contributed by atoms with van der Waals surface area (Å²) in [6.45, 7) is 4.00. The minimum atomic E-state index is -0.114. The van der Waals surface area contributed by atoms with Crippen LogP contribution in [-0.4, -0.2) is 26.8 Å². The maximum atomic E-state index is 12.6. The summed E-state index contributed by atoms with van der Waals surface area (Å²) in [6.07, 6.45) is 2.24. The van der Waals surface area contributed by atoms with E-state index in [1.54, 1.807) is 16.0 Å². The molecule has 29 heavy (non-hydrogen) atoms. The topological polar surface area (TPSA) is 69.0 Å². The monoisotopic (exact) mass is 404 g/mol. The third-order valence-electron chi connectivity index (χ3n) is 4.94. The van der Waals surface area contributed by atoms with E-state index in [0.29, 0.717) is 12.2 Å². The molecule has 1 aliphatic heterocycles.